The lowest BCUT2D eigenvalue weighted by molar-refractivity contribution is 0.0820. The highest BCUT2D eigenvalue weighted by atomic mass is 16.5. The summed E-state index contributed by atoms with van der Waals surface area (Å²) < 4.78 is 6.08. The molecule has 0 fully saturated rings. The summed E-state index contributed by atoms with van der Waals surface area (Å²) in [6.45, 7) is 10.6. The van der Waals surface area contributed by atoms with Gasteiger partial charge in [0, 0.05) is 31.1 Å². The first kappa shape index (κ1) is 18.6. The summed E-state index contributed by atoms with van der Waals surface area (Å²) >= 11 is 0. The van der Waals surface area contributed by atoms with E-state index in [0.717, 1.165) is 11.1 Å². The number of aromatic hydroxyl groups is 1. The highest BCUT2D eigenvalue weighted by Crippen LogP contribution is 2.54. The third-order valence-electron chi connectivity index (χ3n) is 5.30. The Kier molecular flexibility index (Phi) is 4.88. The maximum atomic E-state index is 12.6. The topological polar surface area (TPSA) is 82.0 Å². The summed E-state index contributed by atoms with van der Waals surface area (Å²) in [5, 5.41) is 23.2. The zero-order valence-electron chi connectivity index (χ0n) is 15.7. The predicted octanol–water partition coefficient (Wildman–Crippen LogP) is 2.67. The average Bonchev–Trinajstić information content (AvgIpc) is 2.77. The van der Waals surface area contributed by atoms with E-state index in [-0.39, 0.29) is 23.9 Å². The minimum Gasteiger partial charge on any atom is -0.504 e. The van der Waals surface area contributed by atoms with Crippen molar-refractivity contribution in [2.45, 2.75) is 63.8 Å². The molecular formula is C20H28N2O4. The van der Waals surface area contributed by atoms with Gasteiger partial charge in [-0.25, -0.2) is 4.79 Å². The van der Waals surface area contributed by atoms with E-state index >= 15 is 0 Å². The molecular weight excluding hydrogens is 332 g/mol. The van der Waals surface area contributed by atoms with E-state index in [9.17, 15) is 15.0 Å². The van der Waals surface area contributed by atoms with Crippen molar-refractivity contribution in [3.63, 3.8) is 0 Å². The summed E-state index contributed by atoms with van der Waals surface area (Å²) in [5.41, 5.74) is 1.31. The number of phenolic OH excluding ortho intramolecular Hbond substituents is 1. The van der Waals surface area contributed by atoms with Crippen molar-refractivity contribution in [3.05, 3.63) is 35.9 Å². The summed E-state index contributed by atoms with van der Waals surface area (Å²) in [6, 6.07) is 3.41. The van der Waals surface area contributed by atoms with Gasteiger partial charge < -0.3 is 25.2 Å². The molecule has 1 aromatic rings. The number of phenols is 1. The summed E-state index contributed by atoms with van der Waals surface area (Å²) in [7, 11) is 0. The lowest BCUT2D eigenvalue weighted by Gasteiger charge is -2.32. The van der Waals surface area contributed by atoms with Crippen molar-refractivity contribution in [2.75, 3.05) is 6.54 Å². The van der Waals surface area contributed by atoms with E-state index in [4.69, 9.17) is 4.74 Å². The Hall–Kier alpha value is -2.21. The molecule has 2 aliphatic heterocycles. The summed E-state index contributed by atoms with van der Waals surface area (Å²) in [5.74, 6) is 0.544. The Morgan fingerprint density at radius 1 is 1.50 bits per heavy atom. The van der Waals surface area contributed by atoms with Gasteiger partial charge in [0.25, 0.3) is 0 Å². The Morgan fingerprint density at radius 3 is 2.85 bits per heavy atom. The Morgan fingerprint density at radius 2 is 2.23 bits per heavy atom. The molecule has 3 atom stereocenters. The highest BCUT2D eigenvalue weighted by molar-refractivity contribution is 5.75. The van der Waals surface area contributed by atoms with Gasteiger partial charge in [0.1, 0.15) is 6.10 Å². The molecule has 2 aliphatic rings. The largest absolute Gasteiger partial charge is 0.504 e. The third-order valence-corrected chi connectivity index (χ3v) is 5.30. The van der Waals surface area contributed by atoms with E-state index < -0.39 is 11.5 Å². The van der Waals surface area contributed by atoms with Gasteiger partial charge in [-0.2, -0.15) is 0 Å². The van der Waals surface area contributed by atoms with Crippen LogP contribution in [0.25, 0.3) is 0 Å². The molecule has 0 radical (unpaired) electrons. The van der Waals surface area contributed by atoms with Crippen molar-refractivity contribution in [1.82, 2.24) is 10.2 Å². The van der Waals surface area contributed by atoms with Gasteiger partial charge in [-0.3, -0.25) is 0 Å². The number of aliphatic hydroxyl groups is 1. The second kappa shape index (κ2) is 6.83. The molecule has 0 bridgehead atoms. The van der Waals surface area contributed by atoms with Crippen LogP contribution in [0.5, 0.6) is 11.5 Å². The van der Waals surface area contributed by atoms with Crippen LogP contribution in [0.4, 0.5) is 4.79 Å². The van der Waals surface area contributed by atoms with Crippen LogP contribution < -0.4 is 10.1 Å². The van der Waals surface area contributed by atoms with Crippen LogP contribution >= 0.6 is 0 Å². The molecule has 26 heavy (non-hydrogen) atoms. The van der Waals surface area contributed by atoms with Gasteiger partial charge in [-0.15, -0.1) is 6.58 Å². The molecule has 0 saturated heterocycles. The average molecular weight is 360 g/mol. The molecule has 2 heterocycles. The number of hydrogen-bond donors (Lipinski definition) is 3. The van der Waals surface area contributed by atoms with Crippen molar-refractivity contribution in [3.8, 4) is 11.5 Å². The molecule has 2 amide bonds. The van der Waals surface area contributed by atoms with Gasteiger partial charge in [-0.05, 0) is 38.8 Å². The van der Waals surface area contributed by atoms with Crippen LogP contribution in [-0.4, -0.2) is 45.9 Å². The first-order valence-corrected chi connectivity index (χ1v) is 9.17. The third kappa shape index (κ3) is 3.03. The number of benzene rings is 1. The normalized spacial score (nSPS) is 25.3. The number of carbonyl (C=O) groups is 1. The zero-order valence-corrected chi connectivity index (χ0v) is 15.7. The maximum Gasteiger partial charge on any atom is 0.317 e. The number of nitrogens with zero attached hydrogens (tertiary/aromatic N) is 1. The highest BCUT2D eigenvalue weighted by Gasteiger charge is 2.51. The molecule has 0 aromatic heterocycles. The first-order valence-electron chi connectivity index (χ1n) is 9.17. The van der Waals surface area contributed by atoms with E-state index in [1.807, 2.05) is 26.0 Å². The molecule has 3 rings (SSSR count). The van der Waals surface area contributed by atoms with Gasteiger partial charge in [0.2, 0.25) is 0 Å². The maximum absolute atomic E-state index is 12.6. The minimum atomic E-state index is -0.541. The summed E-state index contributed by atoms with van der Waals surface area (Å²) in [4.78, 5) is 14.4. The van der Waals surface area contributed by atoms with Crippen LogP contribution in [-0.2, 0) is 12.0 Å². The lowest BCUT2D eigenvalue weighted by atomic mass is 9.72. The van der Waals surface area contributed by atoms with E-state index in [1.165, 1.54) is 0 Å². The van der Waals surface area contributed by atoms with Gasteiger partial charge in [0.05, 0.1) is 11.5 Å². The van der Waals surface area contributed by atoms with Crippen molar-refractivity contribution < 1.29 is 19.7 Å². The molecule has 0 unspecified atom stereocenters. The molecule has 6 nitrogen and oxygen atoms in total. The van der Waals surface area contributed by atoms with Crippen LogP contribution in [0.3, 0.4) is 0 Å². The predicted molar refractivity (Wildman–Crippen MR) is 99.4 cm³/mol. The molecule has 1 aromatic carbocycles. The summed E-state index contributed by atoms with van der Waals surface area (Å²) in [6.07, 6.45) is 2.05. The molecule has 0 spiro atoms. The standard InChI is InChI=1S/C20H28N2O4/c1-5-20-8-9-22(19(25)21-12(2)3)11-14-6-7-15(24)18(17(14)20)26-16(20)10-13(4)23/h5-7,12-13,16,23-24H,1,8-11H2,2-4H3,(H,21,25)/t13-,16-,20-/m0/s1. The number of rotatable bonds is 4. The second-order valence-electron chi connectivity index (χ2n) is 7.66. The number of urea groups is 1. The number of carbonyl (C=O) groups excluding carboxylic acids is 1. The number of ether oxygens (including phenoxy) is 1. The Balaban J connectivity index is 2.05. The van der Waals surface area contributed by atoms with Crippen molar-refractivity contribution >= 4 is 6.03 Å². The molecule has 6 heteroatoms. The van der Waals surface area contributed by atoms with Gasteiger partial charge in [0.15, 0.2) is 11.5 Å². The Labute approximate surface area is 154 Å². The van der Waals surface area contributed by atoms with E-state index in [0.29, 0.717) is 31.7 Å². The van der Waals surface area contributed by atoms with Crippen molar-refractivity contribution in [1.29, 1.82) is 0 Å². The van der Waals surface area contributed by atoms with Crippen molar-refractivity contribution in [2.24, 2.45) is 0 Å². The number of nitrogens with one attached hydrogen (secondary N) is 1. The SMILES string of the molecule is C=C[C@@]12CCN(C(=O)NC(C)C)Cc3ccc(O)c(c31)O[C@H]2C[C@H](C)O. The number of hydrogen-bond acceptors (Lipinski definition) is 4. The second-order valence-corrected chi connectivity index (χ2v) is 7.66. The molecule has 3 N–H and O–H groups in total. The molecule has 142 valence electrons. The minimum absolute atomic E-state index is 0.0592. The molecule has 0 aliphatic carbocycles. The van der Waals surface area contributed by atoms with Crippen LogP contribution in [0.15, 0.2) is 24.8 Å². The van der Waals surface area contributed by atoms with Crippen LogP contribution in [0.1, 0.15) is 44.7 Å². The quantitative estimate of drug-likeness (QED) is 0.721. The van der Waals surface area contributed by atoms with E-state index in [1.54, 1.807) is 17.9 Å². The van der Waals surface area contributed by atoms with Gasteiger partial charge >= 0.3 is 6.03 Å². The number of amides is 2. The van der Waals surface area contributed by atoms with E-state index in [2.05, 4.69) is 11.9 Å². The fraction of sp³-hybridized carbons (Fsp3) is 0.550. The number of aliphatic hydroxyl groups excluding tert-OH is 1. The smallest absolute Gasteiger partial charge is 0.317 e. The van der Waals surface area contributed by atoms with Gasteiger partial charge in [-0.1, -0.05) is 12.1 Å². The first-order chi connectivity index (χ1) is 12.3. The monoisotopic (exact) mass is 360 g/mol. The fourth-order valence-corrected chi connectivity index (χ4v) is 4.09. The zero-order chi connectivity index (χ0) is 19.1. The Bertz CT molecular complexity index is 716. The fourth-order valence-electron chi connectivity index (χ4n) is 4.09. The van der Waals surface area contributed by atoms with Crippen LogP contribution in [0.2, 0.25) is 0 Å². The lowest BCUT2D eigenvalue weighted by Crippen LogP contribution is -2.44. The van der Waals surface area contributed by atoms with Crippen LogP contribution in [0, 0.1) is 0 Å². The molecule has 0 saturated carbocycles.